The van der Waals surface area contributed by atoms with Crippen LogP contribution >= 0.6 is 0 Å². The van der Waals surface area contributed by atoms with Gasteiger partial charge >= 0.3 is 6.18 Å². The number of carbonyl (C=O) groups excluding carboxylic acids is 1. The zero-order valence-electron chi connectivity index (χ0n) is 15.8. The largest absolute Gasteiger partial charge is 0.416 e. The summed E-state index contributed by atoms with van der Waals surface area (Å²) in [6, 6.07) is 5.46. The lowest BCUT2D eigenvalue weighted by molar-refractivity contribution is -0.137. The molecule has 1 atom stereocenters. The fourth-order valence-corrected chi connectivity index (χ4v) is 3.67. The molecule has 2 saturated heterocycles. The summed E-state index contributed by atoms with van der Waals surface area (Å²) in [6.07, 6.45) is -4.32. The van der Waals surface area contributed by atoms with Gasteiger partial charge in [0.2, 0.25) is 5.91 Å². The summed E-state index contributed by atoms with van der Waals surface area (Å²) in [7, 11) is 0. The molecule has 2 aliphatic heterocycles. The Morgan fingerprint density at radius 2 is 1.70 bits per heavy atom. The van der Waals surface area contributed by atoms with Crippen LogP contribution in [0, 0.1) is 0 Å². The predicted molar refractivity (Wildman–Crippen MR) is 98.7 cm³/mol. The quantitative estimate of drug-likeness (QED) is 0.866. The summed E-state index contributed by atoms with van der Waals surface area (Å²) >= 11 is 0. The molecular weight excluding hydrogens is 357 g/mol. The Morgan fingerprint density at radius 1 is 1.07 bits per heavy atom. The SMILES string of the molecule is CC(C)N1CCN[C@@H](C(=O)N2CCN(c3ccc(C(F)(F)F)cc3)CC2)C1. The number of nitrogens with one attached hydrogen (secondary N) is 1. The van der Waals surface area contributed by atoms with E-state index in [1.807, 2.05) is 9.80 Å². The molecule has 1 aromatic carbocycles. The average molecular weight is 384 g/mol. The summed E-state index contributed by atoms with van der Waals surface area (Å²) in [6.45, 7) is 9.15. The zero-order valence-corrected chi connectivity index (χ0v) is 15.8. The van der Waals surface area contributed by atoms with Crippen molar-refractivity contribution >= 4 is 11.6 Å². The highest BCUT2D eigenvalue weighted by Gasteiger charge is 2.32. The third kappa shape index (κ3) is 4.73. The van der Waals surface area contributed by atoms with Crippen molar-refractivity contribution in [1.29, 1.82) is 0 Å². The molecule has 0 spiro atoms. The van der Waals surface area contributed by atoms with Gasteiger partial charge < -0.3 is 15.1 Å². The predicted octanol–water partition coefficient (Wildman–Crippen LogP) is 2.04. The van der Waals surface area contributed by atoms with E-state index in [-0.39, 0.29) is 11.9 Å². The number of alkyl halides is 3. The van der Waals surface area contributed by atoms with Crippen LogP contribution in [0.5, 0.6) is 0 Å². The van der Waals surface area contributed by atoms with Gasteiger partial charge in [-0.15, -0.1) is 0 Å². The van der Waals surface area contributed by atoms with Crippen LogP contribution in [0.2, 0.25) is 0 Å². The minimum absolute atomic E-state index is 0.118. The minimum Gasteiger partial charge on any atom is -0.368 e. The molecule has 150 valence electrons. The third-order valence-electron chi connectivity index (χ3n) is 5.39. The van der Waals surface area contributed by atoms with Crippen LogP contribution in [0.4, 0.5) is 18.9 Å². The third-order valence-corrected chi connectivity index (χ3v) is 5.39. The number of piperazine rings is 2. The summed E-state index contributed by atoms with van der Waals surface area (Å²) in [4.78, 5) is 19.0. The highest BCUT2D eigenvalue weighted by atomic mass is 19.4. The molecule has 1 aromatic rings. The Balaban J connectivity index is 1.54. The van der Waals surface area contributed by atoms with Gasteiger partial charge in [0.1, 0.15) is 0 Å². The van der Waals surface area contributed by atoms with Crippen molar-refractivity contribution in [2.45, 2.75) is 32.1 Å². The first-order valence-electron chi connectivity index (χ1n) is 9.44. The fraction of sp³-hybridized carbons (Fsp3) is 0.632. The zero-order chi connectivity index (χ0) is 19.6. The Morgan fingerprint density at radius 3 is 2.26 bits per heavy atom. The minimum atomic E-state index is -4.32. The van der Waals surface area contributed by atoms with Gasteiger partial charge in [-0.25, -0.2) is 0 Å². The van der Waals surface area contributed by atoms with E-state index < -0.39 is 11.7 Å². The van der Waals surface area contributed by atoms with Crippen molar-refractivity contribution in [3.05, 3.63) is 29.8 Å². The number of hydrogen-bond acceptors (Lipinski definition) is 4. The standard InChI is InChI=1S/C19H27F3N4O/c1-14(2)26-8-7-23-17(13-26)18(27)25-11-9-24(10-12-25)16-5-3-15(4-6-16)19(20,21)22/h3-6,14,17,23H,7-13H2,1-2H3/t17-/m1/s1. The summed E-state index contributed by atoms with van der Waals surface area (Å²) < 4.78 is 38.1. The molecular formula is C19H27F3N4O. The van der Waals surface area contributed by atoms with Crippen molar-refractivity contribution in [2.24, 2.45) is 0 Å². The van der Waals surface area contributed by atoms with E-state index in [4.69, 9.17) is 0 Å². The van der Waals surface area contributed by atoms with E-state index >= 15 is 0 Å². The monoisotopic (exact) mass is 384 g/mol. The molecule has 1 N–H and O–H groups in total. The number of nitrogens with zero attached hydrogens (tertiary/aromatic N) is 3. The highest BCUT2D eigenvalue weighted by molar-refractivity contribution is 5.82. The summed E-state index contributed by atoms with van der Waals surface area (Å²) in [5.74, 6) is 0.118. The van der Waals surface area contributed by atoms with E-state index in [9.17, 15) is 18.0 Å². The van der Waals surface area contributed by atoms with Crippen LogP contribution in [0.15, 0.2) is 24.3 Å². The summed E-state index contributed by atoms with van der Waals surface area (Å²) in [5.41, 5.74) is 0.120. The van der Waals surface area contributed by atoms with Crippen LogP contribution in [-0.4, -0.2) is 73.6 Å². The normalized spacial score (nSPS) is 22.4. The van der Waals surface area contributed by atoms with Gasteiger partial charge in [0.15, 0.2) is 0 Å². The Kier molecular flexibility index (Phi) is 5.95. The van der Waals surface area contributed by atoms with Crippen LogP contribution in [0.3, 0.4) is 0 Å². The van der Waals surface area contributed by atoms with Gasteiger partial charge in [-0.1, -0.05) is 0 Å². The number of rotatable bonds is 3. The molecule has 2 heterocycles. The van der Waals surface area contributed by atoms with E-state index in [2.05, 4.69) is 24.1 Å². The molecule has 1 amide bonds. The Hall–Kier alpha value is -1.80. The van der Waals surface area contributed by atoms with Crippen LogP contribution in [0.25, 0.3) is 0 Å². The molecule has 8 heteroatoms. The molecule has 27 heavy (non-hydrogen) atoms. The molecule has 0 radical (unpaired) electrons. The van der Waals surface area contributed by atoms with Gasteiger partial charge in [-0.3, -0.25) is 9.69 Å². The maximum Gasteiger partial charge on any atom is 0.416 e. The van der Waals surface area contributed by atoms with E-state index in [0.29, 0.717) is 32.2 Å². The maximum absolute atomic E-state index is 12.8. The van der Waals surface area contributed by atoms with Gasteiger partial charge in [0.25, 0.3) is 0 Å². The number of amides is 1. The number of benzene rings is 1. The second kappa shape index (κ2) is 8.06. The average Bonchev–Trinajstić information content (AvgIpc) is 2.67. The van der Waals surface area contributed by atoms with Crippen molar-refractivity contribution < 1.29 is 18.0 Å². The second-order valence-electron chi connectivity index (χ2n) is 7.45. The Bertz CT molecular complexity index is 639. The second-order valence-corrected chi connectivity index (χ2v) is 7.45. The fourth-order valence-electron chi connectivity index (χ4n) is 3.67. The van der Waals surface area contributed by atoms with E-state index in [1.165, 1.54) is 12.1 Å². The lowest BCUT2D eigenvalue weighted by Gasteiger charge is -2.41. The van der Waals surface area contributed by atoms with Gasteiger partial charge in [-0.05, 0) is 38.1 Å². The topological polar surface area (TPSA) is 38.8 Å². The molecule has 2 fully saturated rings. The molecule has 0 unspecified atom stereocenters. The Labute approximate surface area is 158 Å². The molecule has 2 aliphatic rings. The lowest BCUT2D eigenvalue weighted by atomic mass is 10.1. The first kappa shape index (κ1) is 19.9. The van der Waals surface area contributed by atoms with Crippen LogP contribution in [-0.2, 0) is 11.0 Å². The van der Waals surface area contributed by atoms with Gasteiger partial charge in [0, 0.05) is 57.5 Å². The number of halogens is 3. The molecule has 0 aromatic heterocycles. The first-order chi connectivity index (χ1) is 12.8. The lowest BCUT2D eigenvalue weighted by Crippen LogP contribution is -2.61. The maximum atomic E-state index is 12.8. The molecule has 5 nitrogen and oxygen atoms in total. The molecule has 0 aliphatic carbocycles. The van der Waals surface area contributed by atoms with Crippen molar-refractivity contribution in [3.63, 3.8) is 0 Å². The molecule has 3 rings (SSSR count). The summed E-state index contributed by atoms with van der Waals surface area (Å²) in [5, 5.41) is 3.31. The van der Waals surface area contributed by atoms with E-state index in [1.54, 1.807) is 0 Å². The molecule has 0 bridgehead atoms. The number of hydrogen-bond donors (Lipinski definition) is 1. The first-order valence-corrected chi connectivity index (χ1v) is 9.44. The smallest absolute Gasteiger partial charge is 0.368 e. The van der Waals surface area contributed by atoms with Gasteiger partial charge in [-0.2, -0.15) is 13.2 Å². The van der Waals surface area contributed by atoms with E-state index in [0.717, 1.165) is 37.5 Å². The molecule has 0 saturated carbocycles. The van der Waals surface area contributed by atoms with Gasteiger partial charge in [0.05, 0.1) is 11.6 Å². The van der Waals surface area contributed by atoms with Crippen molar-refractivity contribution in [2.75, 3.05) is 50.7 Å². The van der Waals surface area contributed by atoms with Crippen molar-refractivity contribution in [3.8, 4) is 0 Å². The number of carbonyl (C=O) groups is 1. The number of anilines is 1. The highest BCUT2D eigenvalue weighted by Crippen LogP contribution is 2.30. The van der Waals surface area contributed by atoms with Crippen LogP contribution in [0.1, 0.15) is 19.4 Å². The van der Waals surface area contributed by atoms with Crippen molar-refractivity contribution in [1.82, 2.24) is 15.1 Å². The van der Waals surface area contributed by atoms with Crippen LogP contribution < -0.4 is 10.2 Å².